The van der Waals surface area contributed by atoms with Crippen molar-refractivity contribution in [3.05, 3.63) is 134 Å². The summed E-state index contributed by atoms with van der Waals surface area (Å²) in [7, 11) is 0. The number of hydrogen-bond donors (Lipinski definition) is 0. The first-order chi connectivity index (χ1) is 38.5. The minimum atomic E-state index is -0.812. The molecule has 0 spiro atoms. The van der Waals surface area contributed by atoms with Crippen LogP contribution in [0.3, 0.4) is 0 Å². The first-order valence-corrected chi connectivity index (χ1v) is 32.2. The number of carbonyl (C=O) groups excluding carboxylic acids is 3. The van der Waals surface area contributed by atoms with Gasteiger partial charge in [-0.05, 0) is 116 Å². The average Bonchev–Trinajstić information content (AvgIpc) is 3.44. The molecule has 0 aromatic carbocycles. The zero-order valence-corrected chi connectivity index (χ0v) is 50.6. The van der Waals surface area contributed by atoms with Crippen molar-refractivity contribution < 1.29 is 28.6 Å². The fourth-order valence-corrected chi connectivity index (χ4v) is 8.65. The van der Waals surface area contributed by atoms with E-state index in [1.165, 1.54) is 96.3 Å². The van der Waals surface area contributed by atoms with Gasteiger partial charge in [-0.25, -0.2) is 0 Å². The maximum Gasteiger partial charge on any atom is 0.306 e. The summed E-state index contributed by atoms with van der Waals surface area (Å²) in [5, 5.41) is 0. The number of allylic oxidation sites excluding steroid dienone is 22. The smallest absolute Gasteiger partial charge is 0.306 e. The second kappa shape index (κ2) is 65.1. The van der Waals surface area contributed by atoms with Crippen LogP contribution in [0.15, 0.2) is 134 Å². The van der Waals surface area contributed by atoms with Crippen molar-refractivity contribution in [1.29, 1.82) is 0 Å². The molecule has 0 radical (unpaired) electrons. The van der Waals surface area contributed by atoms with Crippen LogP contribution in [0.25, 0.3) is 0 Å². The van der Waals surface area contributed by atoms with Gasteiger partial charge in [0.15, 0.2) is 6.10 Å². The predicted octanol–water partition coefficient (Wildman–Crippen LogP) is 22.2. The molecule has 78 heavy (non-hydrogen) atoms. The molecular formula is C72H118O6. The zero-order chi connectivity index (χ0) is 56.4. The largest absolute Gasteiger partial charge is 0.462 e. The summed E-state index contributed by atoms with van der Waals surface area (Å²) in [6.07, 6.45) is 91.7. The normalized spacial score (nSPS) is 13.0. The van der Waals surface area contributed by atoms with Crippen LogP contribution < -0.4 is 0 Å². The Labute approximate surface area is 481 Å². The number of unbranched alkanes of at least 4 members (excludes halogenated alkanes) is 24. The molecule has 6 nitrogen and oxygen atoms in total. The van der Waals surface area contributed by atoms with Crippen LogP contribution in [0.4, 0.5) is 0 Å². The van der Waals surface area contributed by atoms with Gasteiger partial charge in [0, 0.05) is 19.3 Å². The Bertz CT molecular complexity index is 1670. The summed E-state index contributed by atoms with van der Waals surface area (Å²) in [5.74, 6) is -0.961. The quantitative estimate of drug-likeness (QED) is 0.0261. The van der Waals surface area contributed by atoms with Crippen LogP contribution in [0.5, 0.6) is 0 Å². The molecule has 442 valence electrons. The zero-order valence-electron chi connectivity index (χ0n) is 50.6. The molecule has 0 amide bonds. The van der Waals surface area contributed by atoms with Gasteiger partial charge in [-0.15, -0.1) is 0 Å². The van der Waals surface area contributed by atoms with Gasteiger partial charge in [-0.1, -0.05) is 283 Å². The van der Waals surface area contributed by atoms with Crippen molar-refractivity contribution in [1.82, 2.24) is 0 Å². The van der Waals surface area contributed by atoms with E-state index in [4.69, 9.17) is 14.2 Å². The van der Waals surface area contributed by atoms with Crippen molar-refractivity contribution in [2.24, 2.45) is 0 Å². The molecule has 1 unspecified atom stereocenters. The lowest BCUT2D eigenvalue weighted by Gasteiger charge is -2.18. The summed E-state index contributed by atoms with van der Waals surface area (Å²) in [6.45, 7) is 6.38. The number of hydrogen-bond acceptors (Lipinski definition) is 6. The highest BCUT2D eigenvalue weighted by Gasteiger charge is 2.19. The van der Waals surface area contributed by atoms with E-state index in [0.29, 0.717) is 25.7 Å². The molecule has 0 aliphatic heterocycles. The maximum absolute atomic E-state index is 12.9. The fourth-order valence-electron chi connectivity index (χ4n) is 8.65. The number of rotatable bonds is 57. The van der Waals surface area contributed by atoms with Crippen molar-refractivity contribution in [2.75, 3.05) is 13.2 Å². The molecule has 0 aromatic heterocycles. The van der Waals surface area contributed by atoms with Crippen molar-refractivity contribution in [3.63, 3.8) is 0 Å². The minimum Gasteiger partial charge on any atom is -0.462 e. The van der Waals surface area contributed by atoms with E-state index in [1.807, 2.05) is 0 Å². The van der Waals surface area contributed by atoms with Crippen LogP contribution in [0.2, 0.25) is 0 Å². The molecule has 6 heteroatoms. The molecule has 0 N–H and O–H groups in total. The lowest BCUT2D eigenvalue weighted by Crippen LogP contribution is -2.30. The minimum absolute atomic E-state index is 0.102. The molecule has 0 fully saturated rings. The van der Waals surface area contributed by atoms with Crippen LogP contribution in [0, 0.1) is 0 Å². The Morgan fingerprint density at radius 3 is 0.808 bits per heavy atom. The van der Waals surface area contributed by atoms with E-state index in [2.05, 4.69) is 154 Å². The third-order valence-electron chi connectivity index (χ3n) is 13.4. The van der Waals surface area contributed by atoms with Crippen LogP contribution in [-0.2, 0) is 28.6 Å². The van der Waals surface area contributed by atoms with Crippen LogP contribution in [0.1, 0.15) is 284 Å². The van der Waals surface area contributed by atoms with E-state index >= 15 is 0 Å². The maximum atomic E-state index is 12.9. The molecule has 0 rings (SSSR count). The third-order valence-corrected chi connectivity index (χ3v) is 13.4. The van der Waals surface area contributed by atoms with Gasteiger partial charge >= 0.3 is 17.9 Å². The van der Waals surface area contributed by atoms with Gasteiger partial charge < -0.3 is 14.2 Å². The topological polar surface area (TPSA) is 78.9 Å². The number of carbonyl (C=O) groups is 3. The molecule has 0 aromatic rings. The highest BCUT2D eigenvalue weighted by molar-refractivity contribution is 5.71. The molecular weight excluding hydrogens is 961 g/mol. The van der Waals surface area contributed by atoms with Crippen LogP contribution >= 0.6 is 0 Å². The monoisotopic (exact) mass is 1080 g/mol. The van der Waals surface area contributed by atoms with Gasteiger partial charge in [0.25, 0.3) is 0 Å². The second-order valence-electron chi connectivity index (χ2n) is 20.9. The van der Waals surface area contributed by atoms with Gasteiger partial charge in [0.05, 0.1) is 0 Å². The van der Waals surface area contributed by atoms with Gasteiger partial charge in [0.2, 0.25) is 0 Å². The van der Waals surface area contributed by atoms with Crippen molar-refractivity contribution in [3.8, 4) is 0 Å². The van der Waals surface area contributed by atoms with Gasteiger partial charge in [-0.3, -0.25) is 14.4 Å². The summed E-state index contributed by atoms with van der Waals surface area (Å²) in [5.41, 5.74) is 0. The number of esters is 3. The molecule has 0 saturated heterocycles. The van der Waals surface area contributed by atoms with E-state index < -0.39 is 6.10 Å². The molecule has 0 bridgehead atoms. The summed E-state index contributed by atoms with van der Waals surface area (Å²) >= 11 is 0. The van der Waals surface area contributed by atoms with Crippen molar-refractivity contribution >= 4 is 17.9 Å². The first-order valence-electron chi connectivity index (χ1n) is 32.2. The Kier molecular flexibility index (Phi) is 61.4. The lowest BCUT2D eigenvalue weighted by molar-refractivity contribution is -0.167. The summed E-state index contributed by atoms with van der Waals surface area (Å²) < 4.78 is 16.9. The highest BCUT2D eigenvalue weighted by Crippen LogP contribution is 2.16. The Hall–Kier alpha value is -4.45. The second-order valence-corrected chi connectivity index (χ2v) is 20.9. The lowest BCUT2D eigenvalue weighted by atomic mass is 10.0. The summed E-state index contributed by atoms with van der Waals surface area (Å²) in [6, 6.07) is 0. The first kappa shape index (κ1) is 73.5. The van der Waals surface area contributed by atoms with Gasteiger partial charge in [0.1, 0.15) is 13.2 Å². The molecule has 1 atom stereocenters. The van der Waals surface area contributed by atoms with E-state index in [9.17, 15) is 14.4 Å². The van der Waals surface area contributed by atoms with E-state index in [0.717, 1.165) is 141 Å². The Morgan fingerprint density at radius 2 is 0.500 bits per heavy atom. The number of ether oxygens (including phenoxy) is 3. The standard InChI is InChI=1S/C72H118O6/c1-4-7-10-13-16-19-22-25-28-31-34-36-38-41-44-47-50-53-56-59-62-65-71(74)77-68-69(67-76-70(73)64-61-58-55-52-49-46-43-40-33-30-27-24-21-18-15-12-9-6-3)78-72(75)66-63-60-57-54-51-48-45-42-39-37-35-32-29-26-23-20-17-14-11-8-5-2/h7-8,10-11,16-17,19-20,25-26,28-29,34-37,41-42,44-45,50,53,69H,4-6,9,12-15,18,21-24,27,30-33,38-40,43,46-49,51-52,54-68H2,1-3H3/b10-7-,11-8-,19-16-,20-17-,28-25-,29-26-,36-34-,37-35-,44-41-,45-42-,53-50-. The Balaban J connectivity index is 4.52. The highest BCUT2D eigenvalue weighted by atomic mass is 16.6. The third kappa shape index (κ3) is 62.4. The summed E-state index contributed by atoms with van der Waals surface area (Å²) in [4.78, 5) is 38.4. The van der Waals surface area contributed by atoms with Gasteiger partial charge in [-0.2, -0.15) is 0 Å². The SMILES string of the molecule is CC/C=C\C/C=C\C/C=C\C/C=C\C/C=C\C/C=C\CCCCC(=O)OCC(COC(=O)CCCCCCCCCCCCCCCCCCCC)OC(=O)CCCCCCC/C=C\C/C=C\C/C=C\C/C=C\C/C=C\CC. The van der Waals surface area contributed by atoms with E-state index in [-0.39, 0.29) is 31.1 Å². The van der Waals surface area contributed by atoms with Crippen LogP contribution in [-0.4, -0.2) is 37.2 Å². The predicted molar refractivity (Wildman–Crippen MR) is 339 cm³/mol. The van der Waals surface area contributed by atoms with Crippen molar-refractivity contribution in [2.45, 2.75) is 290 Å². The molecule has 0 saturated carbocycles. The Morgan fingerprint density at radius 1 is 0.269 bits per heavy atom. The average molecular weight is 1080 g/mol. The molecule has 0 heterocycles. The molecule has 0 aliphatic carbocycles. The fraction of sp³-hybridized carbons (Fsp3) is 0.653. The van der Waals surface area contributed by atoms with E-state index in [1.54, 1.807) is 0 Å². The molecule has 0 aliphatic rings.